The smallest absolute Gasteiger partial charge is 0.0929 e. The summed E-state index contributed by atoms with van der Waals surface area (Å²) in [6.45, 7) is 11.3. The Kier molecular flexibility index (Phi) is 9.67. The van der Waals surface area contributed by atoms with Crippen molar-refractivity contribution in [2.24, 2.45) is 0 Å². The maximum atomic E-state index is 5.78. The van der Waals surface area contributed by atoms with Crippen LogP contribution in [0, 0.1) is 6.92 Å². The van der Waals surface area contributed by atoms with Gasteiger partial charge in [0.2, 0.25) is 0 Å². The number of hydrogen-bond donors (Lipinski definition) is 0. The molecule has 2 heteroatoms. The summed E-state index contributed by atoms with van der Waals surface area (Å²) in [5, 5.41) is 0. The Morgan fingerprint density at radius 1 is 1.04 bits per heavy atom. The van der Waals surface area contributed by atoms with Gasteiger partial charge in [-0.25, -0.2) is 0 Å². The van der Waals surface area contributed by atoms with Crippen LogP contribution < -0.4 is 4.90 Å². The lowest BCUT2D eigenvalue weighted by atomic mass is 10.2. The molecule has 0 unspecified atom stereocenters. The fraction of sp³-hybridized carbons (Fsp3) is 0.455. The summed E-state index contributed by atoms with van der Waals surface area (Å²) < 4.78 is 5.78. The second kappa shape index (κ2) is 11.6. The quantitative estimate of drug-likeness (QED) is 0.268. The van der Waals surface area contributed by atoms with E-state index in [4.69, 9.17) is 4.74 Å². The van der Waals surface area contributed by atoms with Gasteiger partial charge >= 0.3 is 0 Å². The first-order valence-electron chi connectivity index (χ1n) is 9.05. The Hall–Kier alpha value is -1.96. The number of rotatable bonds is 10. The molecule has 0 amide bonds. The molecule has 0 heterocycles. The minimum absolute atomic E-state index is 0.811. The lowest BCUT2D eigenvalue weighted by Gasteiger charge is -2.21. The summed E-state index contributed by atoms with van der Waals surface area (Å²) in [7, 11) is 0. The number of aryl methyl sites for hydroxylation is 1. The average molecular weight is 328 g/mol. The van der Waals surface area contributed by atoms with E-state index < -0.39 is 0 Å². The van der Waals surface area contributed by atoms with Crippen LogP contribution >= 0.6 is 0 Å². The van der Waals surface area contributed by atoms with E-state index >= 15 is 0 Å². The van der Waals surface area contributed by atoms with Crippen molar-refractivity contribution in [1.82, 2.24) is 0 Å². The molecule has 0 bridgehead atoms. The molecule has 0 aliphatic heterocycles. The number of anilines is 1. The van der Waals surface area contributed by atoms with E-state index in [1.165, 1.54) is 30.5 Å². The Bertz CT molecular complexity index is 552. The van der Waals surface area contributed by atoms with E-state index in [1.54, 1.807) is 0 Å². The molecule has 0 saturated heterocycles. The first-order valence-corrected chi connectivity index (χ1v) is 9.05. The molecule has 0 spiro atoms. The SMILES string of the molecule is C/C=C/N(/C(C)=C/C=C(\C)OCCCCCC)c1ccc(C)cc1. The molecule has 0 radical (unpaired) electrons. The van der Waals surface area contributed by atoms with Crippen molar-refractivity contribution in [2.75, 3.05) is 11.5 Å². The van der Waals surface area contributed by atoms with Gasteiger partial charge in [-0.1, -0.05) is 50.0 Å². The second-order valence-electron chi connectivity index (χ2n) is 6.18. The van der Waals surface area contributed by atoms with Gasteiger partial charge in [0, 0.05) is 17.6 Å². The van der Waals surface area contributed by atoms with Crippen molar-refractivity contribution in [2.45, 2.75) is 60.3 Å². The van der Waals surface area contributed by atoms with Crippen LogP contribution in [-0.4, -0.2) is 6.61 Å². The van der Waals surface area contributed by atoms with E-state index in [9.17, 15) is 0 Å². The number of hydrogen-bond acceptors (Lipinski definition) is 2. The van der Waals surface area contributed by atoms with E-state index in [1.807, 2.05) is 13.8 Å². The van der Waals surface area contributed by atoms with Gasteiger partial charge in [0.1, 0.15) is 0 Å². The van der Waals surface area contributed by atoms with Gasteiger partial charge in [-0.2, -0.15) is 0 Å². The maximum absolute atomic E-state index is 5.78. The van der Waals surface area contributed by atoms with E-state index in [2.05, 4.69) is 74.4 Å². The van der Waals surface area contributed by atoms with Crippen molar-refractivity contribution in [3.05, 3.63) is 65.7 Å². The van der Waals surface area contributed by atoms with Crippen molar-refractivity contribution in [3.63, 3.8) is 0 Å². The summed E-state index contributed by atoms with van der Waals surface area (Å²) in [5.74, 6) is 0.968. The van der Waals surface area contributed by atoms with Gasteiger partial charge in [-0.15, -0.1) is 0 Å². The zero-order valence-corrected chi connectivity index (χ0v) is 16.0. The number of ether oxygens (including phenoxy) is 1. The van der Waals surface area contributed by atoms with Crippen LogP contribution in [-0.2, 0) is 4.74 Å². The lowest BCUT2D eigenvalue weighted by molar-refractivity contribution is 0.207. The molecule has 0 aliphatic rings. The minimum atomic E-state index is 0.811. The van der Waals surface area contributed by atoms with Crippen LogP contribution in [0.2, 0.25) is 0 Å². The summed E-state index contributed by atoms with van der Waals surface area (Å²) in [5.41, 5.74) is 3.60. The summed E-state index contributed by atoms with van der Waals surface area (Å²) in [6.07, 6.45) is 13.2. The highest BCUT2D eigenvalue weighted by atomic mass is 16.5. The molecule has 24 heavy (non-hydrogen) atoms. The summed E-state index contributed by atoms with van der Waals surface area (Å²) >= 11 is 0. The van der Waals surface area contributed by atoms with Crippen LogP contribution in [0.3, 0.4) is 0 Å². The highest BCUT2D eigenvalue weighted by molar-refractivity contribution is 5.55. The largest absolute Gasteiger partial charge is 0.498 e. The molecule has 0 fully saturated rings. The average Bonchev–Trinajstić information content (AvgIpc) is 2.58. The zero-order valence-electron chi connectivity index (χ0n) is 16.0. The van der Waals surface area contributed by atoms with Crippen molar-refractivity contribution in [1.29, 1.82) is 0 Å². The van der Waals surface area contributed by atoms with Crippen molar-refractivity contribution >= 4 is 5.69 Å². The highest BCUT2D eigenvalue weighted by Crippen LogP contribution is 2.20. The van der Waals surface area contributed by atoms with Crippen LogP contribution in [0.15, 0.2) is 60.1 Å². The number of nitrogens with zero attached hydrogens (tertiary/aromatic N) is 1. The molecule has 132 valence electrons. The normalized spacial score (nSPS) is 12.7. The zero-order chi connectivity index (χ0) is 17.8. The topological polar surface area (TPSA) is 12.5 Å². The Labute approximate surface area is 148 Å². The Morgan fingerprint density at radius 2 is 1.75 bits per heavy atom. The molecule has 0 atom stereocenters. The molecule has 0 aliphatic carbocycles. The predicted molar refractivity (Wildman–Crippen MR) is 106 cm³/mol. The van der Waals surface area contributed by atoms with Gasteiger partial charge in [0.05, 0.1) is 12.4 Å². The second-order valence-corrected chi connectivity index (χ2v) is 6.18. The van der Waals surface area contributed by atoms with Gasteiger partial charge < -0.3 is 9.64 Å². The monoisotopic (exact) mass is 327 g/mol. The summed E-state index contributed by atoms with van der Waals surface area (Å²) in [4.78, 5) is 2.18. The van der Waals surface area contributed by atoms with Gasteiger partial charge in [0.15, 0.2) is 0 Å². The van der Waals surface area contributed by atoms with E-state index in [-0.39, 0.29) is 0 Å². The molecule has 1 aromatic rings. The number of benzene rings is 1. The van der Waals surface area contributed by atoms with Crippen molar-refractivity contribution in [3.8, 4) is 0 Å². The molecule has 1 rings (SSSR count). The van der Waals surface area contributed by atoms with Gasteiger partial charge in [-0.3, -0.25) is 0 Å². The molecule has 1 aromatic carbocycles. The lowest BCUT2D eigenvalue weighted by Crippen LogP contribution is -2.12. The predicted octanol–water partition coefficient (Wildman–Crippen LogP) is 6.74. The van der Waals surface area contributed by atoms with Crippen LogP contribution in [0.1, 0.15) is 58.9 Å². The third-order valence-electron chi connectivity index (χ3n) is 3.88. The summed E-state index contributed by atoms with van der Waals surface area (Å²) in [6, 6.07) is 8.57. The third-order valence-corrected chi connectivity index (χ3v) is 3.88. The van der Waals surface area contributed by atoms with Crippen LogP contribution in [0.25, 0.3) is 0 Å². The molecule has 0 N–H and O–H groups in total. The molecular weight excluding hydrogens is 294 g/mol. The van der Waals surface area contributed by atoms with Gasteiger partial charge in [-0.05, 0) is 58.4 Å². The fourth-order valence-corrected chi connectivity index (χ4v) is 2.39. The van der Waals surface area contributed by atoms with Crippen LogP contribution in [0.5, 0.6) is 0 Å². The molecule has 2 nitrogen and oxygen atoms in total. The van der Waals surface area contributed by atoms with E-state index in [0.29, 0.717) is 0 Å². The number of unbranched alkanes of at least 4 members (excludes halogenated alkanes) is 3. The number of allylic oxidation sites excluding steroid dienone is 5. The molecule has 0 saturated carbocycles. The molecule has 0 aromatic heterocycles. The standard InChI is InChI=1S/C22H33NO/c1-6-8-9-10-18-24-21(5)14-13-20(4)23(17-7-2)22-15-11-19(3)12-16-22/h7,11-17H,6,8-10,18H2,1-5H3/b17-7+,20-13+,21-14+. The molecular formula is C22H33NO. The first-order chi connectivity index (χ1) is 11.6. The highest BCUT2D eigenvalue weighted by Gasteiger charge is 2.04. The minimum Gasteiger partial charge on any atom is -0.498 e. The van der Waals surface area contributed by atoms with Gasteiger partial charge in [0.25, 0.3) is 0 Å². The Balaban J connectivity index is 2.68. The Morgan fingerprint density at radius 3 is 2.38 bits per heavy atom. The maximum Gasteiger partial charge on any atom is 0.0929 e. The van der Waals surface area contributed by atoms with Crippen LogP contribution in [0.4, 0.5) is 5.69 Å². The first kappa shape index (κ1) is 20.1. The third kappa shape index (κ3) is 7.54. The fourth-order valence-electron chi connectivity index (χ4n) is 2.39. The van der Waals surface area contributed by atoms with Crippen molar-refractivity contribution < 1.29 is 4.74 Å². The van der Waals surface area contributed by atoms with E-state index in [0.717, 1.165) is 24.5 Å².